The zero-order valence-corrected chi connectivity index (χ0v) is 17.7. The molecule has 1 aromatic heterocycles. The van der Waals surface area contributed by atoms with Gasteiger partial charge >= 0.3 is 19.5 Å². The highest BCUT2D eigenvalue weighted by Gasteiger charge is 2.57. The lowest BCUT2D eigenvalue weighted by Gasteiger charge is -2.28. The molecule has 4 rings (SSSR count). The Hall–Kier alpha value is -2.38. The number of nitrogen functional groups attached to an aromatic ring is 1. The first-order valence-electron chi connectivity index (χ1n) is 9.57. The summed E-state index contributed by atoms with van der Waals surface area (Å²) in [5.74, 6) is -3.16. The number of fused-ring (bicyclic) bond motifs is 4. The second kappa shape index (κ2) is 9.00. The van der Waals surface area contributed by atoms with Gasteiger partial charge in [-0.25, -0.2) is 23.6 Å². The van der Waals surface area contributed by atoms with Gasteiger partial charge in [-0.05, 0) is 0 Å². The van der Waals surface area contributed by atoms with Crippen LogP contribution in [0.3, 0.4) is 0 Å². The number of esters is 1. The molecule has 3 aliphatic rings. The van der Waals surface area contributed by atoms with E-state index in [-0.39, 0.29) is 0 Å². The average Bonchev–Trinajstić information content (AvgIpc) is 3.34. The van der Waals surface area contributed by atoms with E-state index in [9.17, 15) is 39.7 Å². The van der Waals surface area contributed by atoms with Crippen molar-refractivity contribution in [1.82, 2.24) is 9.55 Å². The van der Waals surface area contributed by atoms with Crippen molar-refractivity contribution in [2.45, 2.75) is 49.0 Å². The van der Waals surface area contributed by atoms with Gasteiger partial charge < -0.3 is 54.9 Å². The van der Waals surface area contributed by atoms with Crippen molar-refractivity contribution in [2.24, 2.45) is 0 Å². The first-order chi connectivity index (χ1) is 16.0. The maximum Gasteiger partial charge on any atom is 0.617 e. The largest absolute Gasteiger partial charge is 0.617 e. The van der Waals surface area contributed by atoms with Crippen molar-refractivity contribution in [1.29, 1.82) is 0 Å². The van der Waals surface area contributed by atoms with E-state index in [1.807, 2.05) is 0 Å². The van der Waals surface area contributed by atoms with Crippen LogP contribution in [0.5, 0.6) is 11.6 Å². The van der Waals surface area contributed by atoms with Crippen LogP contribution in [0.25, 0.3) is 0 Å². The van der Waals surface area contributed by atoms with Gasteiger partial charge in [0.2, 0.25) is 5.75 Å². The topological polar surface area (TPSA) is 272 Å². The molecule has 0 aromatic carbocycles. The lowest BCUT2D eigenvalue weighted by atomic mass is 10.0. The first kappa shape index (κ1) is 24.7. The van der Waals surface area contributed by atoms with Crippen LogP contribution in [0.1, 0.15) is 6.23 Å². The van der Waals surface area contributed by atoms with Crippen LogP contribution in [0.4, 0.5) is 5.82 Å². The van der Waals surface area contributed by atoms with E-state index in [0.29, 0.717) is 4.57 Å². The van der Waals surface area contributed by atoms with Crippen molar-refractivity contribution in [2.75, 3.05) is 18.9 Å². The number of phosphoric ester groups is 1. The van der Waals surface area contributed by atoms with E-state index >= 15 is 0 Å². The summed E-state index contributed by atoms with van der Waals surface area (Å²) in [5, 5.41) is 57.7. The van der Waals surface area contributed by atoms with Crippen molar-refractivity contribution in [3.05, 3.63) is 10.5 Å². The van der Waals surface area contributed by atoms with E-state index in [1.54, 1.807) is 0 Å². The summed E-state index contributed by atoms with van der Waals surface area (Å²) in [5.41, 5.74) is 4.46. The molecule has 34 heavy (non-hydrogen) atoms. The summed E-state index contributed by atoms with van der Waals surface area (Å²) < 4.78 is 38.7. The number of anilines is 1. The molecule has 0 saturated carbocycles. The molecule has 1 aromatic rings. The third kappa shape index (κ3) is 4.03. The number of carbonyl (C=O) groups excluding carboxylic acids is 1. The SMILES string of the molecule is Nc1nc(=O)n2c3c1OP(=O)(OO[C@H]1[C@@H](CO)OC2[C@@H]1OC(=O)C(O)C(O)C(O)C(O)CO)O3. The van der Waals surface area contributed by atoms with Crippen LogP contribution in [-0.4, -0.2) is 102 Å². The fourth-order valence-corrected chi connectivity index (χ4v) is 4.53. The minimum atomic E-state index is -4.55. The standard InChI is InChI=1S/C15H20N3O15P/c16-11-10-13-18(15(26)17-11)12-9(29-14(25)7(24)6(23)5(22)3(21)1-19)8(4(2-20)28-12)30-33-34(27,31-10)32-13/h3-9,12,19-24H,1-2H2,(H2,16,17,26)/t3?,4-,5?,6?,7?,8+,9-,12?,34?/m1/s1. The summed E-state index contributed by atoms with van der Waals surface area (Å²) in [4.78, 5) is 33.6. The molecule has 0 amide bonds. The third-order valence-electron chi connectivity index (χ3n) is 5.18. The molecule has 19 heteroatoms. The van der Waals surface area contributed by atoms with Crippen LogP contribution < -0.4 is 20.5 Å². The molecule has 6 unspecified atom stereocenters. The van der Waals surface area contributed by atoms with Gasteiger partial charge in [-0.2, -0.15) is 4.98 Å². The van der Waals surface area contributed by atoms with Gasteiger partial charge in [0.25, 0.3) is 5.88 Å². The molecule has 18 nitrogen and oxygen atoms in total. The van der Waals surface area contributed by atoms with Crippen LogP contribution in [0.15, 0.2) is 4.79 Å². The van der Waals surface area contributed by atoms with E-state index in [4.69, 9.17) is 38.9 Å². The Bertz CT molecular complexity index is 1070. The fourth-order valence-electron chi connectivity index (χ4n) is 3.45. The molecule has 0 radical (unpaired) electrons. The molecule has 3 aliphatic heterocycles. The molecule has 190 valence electrons. The van der Waals surface area contributed by atoms with Gasteiger partial charge in [0.05, 0.1) is 13.2 Å². The number of hydrogen-bond acceptors (Lipinski definition) is 17. The molecule has 8 N–H and O–H groups in total. The zero-order chi connectivity index (χ0) is 24.9. The Morgan fingerprint density at radius 1 is 1.21 bits per heavy atom. The van der Waals surface area contributed by atoms with Crippen molar-refractivity contribution in [3.63, 3.8) is 0 Å². The normalized spacial score (nSPS) is 32.9. The van der Waals surface area contributed by atoms with E-state index in [0.717, 1.165) is 0 Å². The molecular weight excluding hydrogens is 493 g/mol. The number of carbonyl (C=O) groups is 1. The van der Waals surface area contributed by atoms with Crippen molar-refractivity contribution >= 4 is 19.6 Å². The zero-order valence-electron chi connectivity index (χ0n) is 16.8. The molecule has 4 heterocycles. The van der Waals surface area contributed by atoms with Crippen molar-refractivity contribution in [3.8, 4) is 11.6 Å². The van der Waals surface area contributed by atoms with Gasteiger partial charge in [-0.15, -0.1) is 4.67 Å². The third-order valence-corrected chi connectivity index (χ3v) is 6.25. The number of ether oxygens (including phenoxy) is 2. The molecule has 0 aliphatic carbocycles. The van der Waals surface area contributed by atoms with Crippen molar-refractivity contribution < 1.29 is 68.1 Å². The lowest BCUT2D eigenvalue weighted by Crippen LogP contribution is -2.51. The van der Waals surface area contributed by atoms with E-state index in [2.05, 4.69) is 4.98 Å². The predicted octanol–water partition coefficient (Wildman–Crippen LogP) is -4.73. The summed E-state index contributed by atoms with van der Waals surface area (Å²) >= 11 is 0. The number of phosphoric acid groups is 1. The minimum Gasteiger partial charge on any atom is -0.452 e. The number of aliphatic hydroxyl groups is 6. The maximum absolute atomic E-state index is 12.7. The Kier molecular flexibility index (Phi) is 6.55. The Balaban J connectivity index is 1.70. The number of nitrogens with zero attached hydrogens (tertiary/aromatic N) is 2. The predicted molar refractivity (Wildman–Crippen MR) is 99.7 cm³/mol. The lowest BCUT2D eigenvalue weighted by molar-refractivity contribution is -0.280. The molecule has 1 saturated heterocycles. The highest BCUT2D eigenvalue weighted by atomic mass is 31.2. The van der Waals surface area contributed by atoms with E-state index in [1.165, 1.54) is 0 Å². The monoisotopic (exact) mass is 513 g/mol. The quantitative estimate of drug-likeness (QED) is 0.102. The van der Waals surface area contributed by atoms with Crippen LogP contribution in [0.2, 0.25) is 0 Å². The highest BCUT2D eigenvalue weighted by Crippen LogP contribution is 2.62. The smallest absolute Gasteiger partial charge is 0.452 e. The first-order valence-corrected chi connectivity index (χ1v) is 11.0. The Morgan fingerprint density at radius 3 is 2.56 bits per heavy atom. The van der Waals surface area contributed by atoms with Gasteiger partial charge in [-0.1, -0.05) is 0 Å². The number of rotatable bonds is 7. The second-order valence-corrected chi connectivity index (χ2v) is 8.78. The molecular formula is C15H20N3O15P. The Labute approximate surface area is 188 Å². The maximum atomic E-state index is 12.7. The number of nitrogens with two attached hydrogens (primary N) is 1. The van der Waals surface area contributed by atoms with Crippen LogP contribution in [-0.2, 0) is 28.4 Å². The van der Waals surface area contributed by atoms with Gasteiger partial charge in [0.1, 0.15) is 24.4 Å². The van der Waals surface area contributed by atoms with Crippen LogP contribution >= 0.6 is 7.82 Å². The van der Waals surface area contributed by atoms with Gasteiger partial charge in [0, 0.05) is 0 Å². The number of hydrogen-bond donors (Lipinski definition) is 7. The fraction of sp³-hybridized carbons (Fsp3) is 0.667. The van der Waals surface area contributed by atoms with Gasteiger partial charge in [0.15, 0.2) is 30.4 Å². The van der Waals surface area contributed by atoms with E-state index < -0.39 is 99.1 Å². The molecule has 4 bridgehead atoms. The molecule has 9 atom stereocenters. The second-order valence-electron chi connectivity index (χ2n) is 7.37. The summed E-state index contributed by atoms with van der Waals surface area (Å²) in [7, 11) is -4.55. The summed E-state index contributed by atoms with van der Waals surface area (Å²) in [6, 6.07) is 0. The summed E-state index contributed by atoms with van der Waals surface area (Å²) in [6.07, 6.45) is -15.2. The average molecular weight is 513 g/mol. The van der Waals surface area contributed by atoms with Crippen LogP contribution in [0, 0.1) is 0 Å². The highest BCUT2D eigenvalue weighted by molar-refractivity contribution is 7.49. The summed E-state index contributed by atoms with van der Waals surface area (Å²) in [6.45, 7) is -1.78. The minimum absolute atomic E-state index is 0.470. The molecule has 0 spiro atoms. The van der Waals surface area contributed by atoms with Gasteiger partial charge in [-0.3, -0.25) is 0 Å². The Morgan fingerprint density at radius 2 is 1.91 bits per heavy atom. The number of aliphatic hydroxyl groups excluding tert-OH is 6. The number of aromatic nitrogens is 2. The molecule has 1 fully saturated rings.